The van der Waals surface area contributed by atoms with Crippen LogP contribution in [0.4, 0.5) is 5.82 Å². The zero-order chi connectivity index (χ0) is 13.6. The standard InChI is InChI=1S/C14H20N4O/c1-8-4-5-17-14(12(8)13(16)19)18-10-2-3-11(18)7-9(15)6-10/h4-5,9-11H,2-3,6-7,15H2,1H3,(H2,16,19). The van der Waals surface area contributed by atoms with Gasteiger partial charge in [0.1, 0.15) is 5.82 Å². The molecule has 2 bridgehead atoms. The molecule has 4 N–H and O–H groups in total. The van der Waals surface area contributed by atoms with Crippen LogP contribution in [0.1, 0.15) is 41.6 Å². The van der Waals surface area contributed by atoms with Crippen molar-refractivity contribution in [2.45, 2.75) is 50.7 Å². The molecule has 2 aliphatic heterocycles. The number of rotatable bonds is 2. The van der Waals surface area contributed by atoms with Gasteiger partial charge >= 0.3 is 0 Å². The summed E-state index contributed by atoms with van der Waals surface area (Å²) in [6, 6.07) is 2.92. The first-order chi connectivity index (χ1) is 9.08. The van der Waals surface area contributed by atoms with Crippen LogP contribution >= 0.6 is 0 Å². The number of nitrogens with two attached hydrogens (primary N) is 2. The second kappa shape index (κ2) is 4.49. The number of pyridine rings is 1. The number of hydrogen-bond acceptors (Lipinski definition) is 4. The van der Waals surface area contributed by atoms with Crippen molar-refractivity contribution in [2.75, 3.05) is 4.90 Å². The number of primary amides is 1. The van der Waals surface area contributed by atoms with Gasteiger partial charge in [-0.3, -0.25) is 4.79 Å². The Hall–Kier alpha value is -1.62. The summed E-state index contributed by atoms with van der Waals surface area (Å²) >= 11 is 0. The lowest BCUT2D eigenvalue weighted by atomic mass is 9.97. The third-order valence-corrected chi connectivity index (χ3v) is 4.40. The molecule has 102 valence electrons. The second-order valence-corrected chi connectivity index (χ2v) is 5.71. The molecular formula is C14H20N4O. The minimum absolute atomic E-state index is 0.274. The minimum atomic E-state index is -0.394. The van der Waals surface area contributed by atoms with Gasteiger partial charge < -0.3 is 16.4 Å². The van der Waals surface area contributed by atoms with E-state index in [1.165, 1.54) is 0 Å². The molecule has 5 nitrogen and oxygen atoms in total. The molecule has 2 atom stereocenters. The first-order valence-electron chi connectivity index (χ1n) is 6.87. The molecule has 19 heavy (non-hydrogen) atoms. The van der Waals surface area contributed by atoms with Crippen molar-refractivity contribution in [3.05, 3.63) is 23.4 Å². The summed E-state index contributed by atoms with van der Waals surface area (Å²) in [5.74, 6) is 0.363. The molecule has 2 aliphatic rings. The monoisotopic (exact) mass is 260 g/mol. The molecule has 1 aromatic rings. The van der Waals surface area contributed by atoms with Crippen molar-refractivity contribution in [1.29, 1.82) is 0 Å². The molecule has 2 fully saturated rings. The number of nitrogens with zero attached hydrogens (tertiary/aromatic N) is 2. The Morgan fingerprint density at radius 2 is 2.00 bits per heavy atom. The van der Waals surface area contributed by atoms with Crippen LogP contribution in [0.5, 0.6) is 0 Å². The van der Waals surface area contributed by atoms with Crippen LogP contribution in [0, 0.1) is 6.92 Å². The van der Waals surface area contributed by atoms with E-state index in [0.717, 1.165) is 37.1 Å². The van der Waals surface area contributed by atoms with Crippen LogP contribution in [-0.2, 0) is 0 Å². The number of amides is 1. The topological polar surface area (TPSA) is 85.2 Å². The molecule has 5 heteroatoms. The smallest absolute Gasteiger partial charge is 0.252 e. The zero-order valence-electron chi connectivity index (χ0n) is 11.2. The summed E-state index contributed by atoms with van der Waals surface area (Å²) in [5.41, 5.74) is 13.1. The van der Waals surface area contributed by atoms with Crippen molar-refractivity contribution >= 4 is 11.7 Å². The lowest BCUT2D eigenvalue weighted by Gasteiger charge is -2.39. The summed E-state index contributed by atoms with van der Waals surface area (Å²) in [7, 11) is 0. The Morgan fingerprint density at radius 1 is 1.37 bits per heavy atom. The number of fused-ring (bicyclic) bond motifs is 2. The van der Waals surface area contributed by atoms with Gasteiger partial charge in [0.05, 0.1) is 5.56 Å². The van der Waals surface area contributed by atoms with Crippen molar-refractivity contribution in [2.24, 2.45) is 11.5 Å². The largest absolute Gasteiger partial charge is 0.365 e. The van der Waals surface area contributed by atoms with Crippen molar-refractivity contribution in [3.63, 3.8) is 0 Å². The van der Waals surface area contributed by atoms with Gasteiger partial charge in [-0.25, -0.2) is 4.98 Å². The molecule has 0 spiro atoms. The highest BCUT2D eigenvalue weighted by Gasteiger charge is 2.41. The van der Waals surface area contributed by atoms with Crippen molar-refractivity contribution < 1.29 is 4.79 Å². The van der Waals surface area contributed by atoms with Gasteiger partial charge in [0.2, 0.25) is 0 Å². The number of aryl methyl sites for hydroxylation is 1. The Labute approximate surface area is 113 Å². The van der Waals surface area contributed by atoms with E-state index >= 15 is 0 Å². The predicted octanol–water partition coefficient (Wildman–Crippen LogP) is 0.947. The van der Waals surface area contributed by atoms with Crippen LogP contribution in [0.2, 0.25) is 0 Å². The van der Waals surface area contributed by atoms with Gasteiger partial charge in [-0.1, -0.05) is 0 Å². The fourth-order valence-corrected chi connectivity index (χ4v) is 3.61. The van der Waals surface area contributed by atoms with E-state index in [-0.39, 0.29) is 6.04 Å². The third kappa shape index (κ3) is 1.98. The highest BCUT2D eigenvalue weighted by Crippen LogP contribution is 2.39. The predicted molar refractivity (Wildman–Crippen MR) is 74.0 cm³/mol. The van der Waals surface area contributed by atoms with E-state index in [1.54, 1.807) is 6.20 Å². The molecule has 3 heterocycles. The number of carbonyl (C=O) groups is 1. The summed E-state index contributed by atoms with van der Waals surface area (Å²) in [6.45, 7) is 1.91. The quantitative estimate of drug-likeness (QED) is 0.829. The van der Waals surface area contributed by atoms with Crippen molar-refractivity contribution in [1.82, 2.24) is 4.98 Å². The fourth-order valence-electron chi connectivity index (χ4n) is 3.61. The zero-order valence-corrected chi connectivity index (χ0v) is 11.2. The normalized spacial score (nSPS) is 29.6. The van der Waals surface area contributed by atoms with Gasteiger partial charge in [0.15, 0.2) is 0 Å². The fraction of sp³-hybridized carbons (Fsp3) is 0.571. The lowest BCUT2D eigenvalue weighted by molar-refractivity contribution is 0.0999. The van der Waals surface area contributed by atoms with Crippen LogP contribution in [0.15, 0.2) is 12.3 Å². The molecule has 0 aromatic carbocycles. The molecule has 1 aromatic heterocycles. The van der Waals surface area contributed by atoms with E-state index < -0.39 is 5.91 Å². The lowest BCUT2D eigenvalue weighted by Crippen LogP contribution is -2.48. The van der Waals surface area contributed by atoms with Gasteiger partial charge in [-0.05, 0) is 44.2 Å². The average molecular weight is 260 g/mol. The number of piperidine rings is 1. The summed E-state index contributed by atoms with van der Waals surface area (Å²) in [6.07, 6.45) is 5.97. The van der Waals surface area contributed by atoms with Gasteiger partial charge in [-0.2, -0.15) is 0 Å². The highest BCUT2D eigenvalue weighted by molar-refractivity contribution is 5.99. The first-order valence-corrected chi connectivity index (χ1v) is 6.87. The number of hydrogen-bond donors (Lipinski definition) is 2. The number of aromatic nitrogens is 1. The molecule has 1 amide bonds. The van der Waals surface area contributed by atoms with Crippen LogP contribution < -0.4 is 16.4 Å². The number of carbonyl (C=O) groups excluding carboxylic acids is 1. The van der Waals surface area contributed by atoms with E-state index in [2.05, 4.69) is 9.88 Å². The van der Waals surface area contributed by atoms with E-state index in [0.29, 0.717) is 17.6 Å². The molecule has 0 aliphatic carbocycles. The average Bonchev–Trinajstić information content (AvgIpc) is 2.60. The molecule has 2 unspecified atom stereocenters. The van der Waals surface area contributed by atoms with Gasteiger partial charge in [0.25, 0.3) is 5.91 Å². The first kappa shape index (κ1) is 12.4. The van der Waals surface area contributed by atoms with Gasteiger partial charge in [-0.15, -0.1) is 0 Å². The maximum atomic E-state index is 11.7. The Bertz CT molecular complexity index is 502. The summed E-state index contributed by atoms with van der Waals surface area (Å²) in [5, 5.41) is 0. The van der Waals surface area contributed by atoms with Gasteiger partial charge in [0, 0.05) is 24.3 Å². The Morgan fingerprint density at radius 3 is 2.58 bits per heavy atom. The molecule has 2 saturated heterocycles. The second-order valence-electron chi connectivity index (χ2n) is 5.71. The van der Waals surface area contributed by atoms with E-state index in [1.807, 2.05) is 13.0 Å². The minimum Gasteiger partial charge on any atom is -0.365 e. The van der Waals surface area contributed by atoms with E-state index in [4.69, 9.17) is 11.5 Å². The molecule has 0 saturated carbocycles. The SMILES string of the molecule is Cc1ccnc(N2C3CCC2CC(N)C3)c1C(N)=O. The molecule has 0 radical (unpaired) electrons. The third-order valence-electron chi connectivity index (χ3n) is 4.40. The molecular weight excluding hydrogens is 240 g/mol. The Balaban J connectivity index is 2.04. The van der Waals surface area contributed by atoms with Crippen molar-refractivity contribution in [3.8, 4) is 0 Å². The number of anilines is 1. The maximum absolute atomic E-state index is 11.7. The summed E-state index contributed by atoms with van der Waals surface area (Å²) < 4.78 is 0. The Kier molecular flexibility index (Phi) is 2.93. The van der Waals surface area contributed by atoms with E-state index in [9.17, 15) is 4.79 Å². The molecule has 3 rings (SSSR count). The van der Waals surface area contributed by atoms with Crippen LogP contribution in [0.3, 0.4) is 0 Å². The van der Waals surface area contributed by atoms with Crippen LogP contribution in [-0.4, -0.2) is 29.0 Å². The summed E-state index contributed by atoms with van der Waals surface area (Å²) in [4.78, 5) is 18.4. The van der Waals surface area contributed by atoms with Crippen LogP contribution in [0.25, 0.3) is 0 Å². The maximum Gasteiger partial charge on any atom is 0.252 e. The highest BCUT2D eigenvalue weighted by atomic mass is 16.1.